The Hall–Kier alpha value is -3.05. The maximum atomic E-state index is 14.0. The summed E-state index contributed by atoms with van der Waals surface area (Å²) in [4.78, 5) is 19.6. The molecular formula is C30H43N3O7. The number of ether oxygens (including phenoxy) is 5. The summed E-state index contributed by atoms with van der Waals surface area (Å²) < 4.78 is 27.3. The van der Waals surface area contributed by atoms with Crippen LogP contribution in [0.2, 0.25) is 0 Å². The molecule has 4 rings (SSSR count). The van der Waals surface area contributed by atoms with E-state index in [1.165, 1.54) is 11.0 Å². The van der Waals surface area contributed by atoms with Gasteiger partial charge in [0.05, 0.1) is 51.9 Å². The number of amides is 2. The number of hydrogen-bond donors (Lipinski definition) is 1. The van der Waals surface area contributed by atoms with Crippen molar-refractivity contribution in [1.82, 2.24) is 14.7 Å². The third kappa shape index (κ3) is 5.58. The van der Waals surface area contributed by atoms with Crippen molar-refractivity contribution < 1.29 is 33.6 Å². The highest BCUT2D eigenvalue weighted by atomic mass is 16.5. The fourth-order valence-electron chi connectivity index (χ4n) is 6.22. The number of aliphatic hydroxyl groups is 1. The molecule has 1 N–H and O–H groups in total. The Morgan fingerprint density at radius 3 is 2.23 bits per heavy atom. The van der Waals surface area contributed by atoms with E-state index in [2.05, 4.69) is 11.5 Å². The second kappa shape index (κ2) is 12.6. The summed E-state index contributed by atoms with van der Waals surface area (Å²) in [7, 11) is 8.17. The predicted molar refractivity (Wildman–Crippen MR) is 151 cm³/mol. The zero-order valence-corrected chi connectivity index (χ0v) is 24.4. The molecule has 3 aliphatic rings. The van der Waals surface area contributed by atoms with Crippen LogP contribution in [-0.2, 0) is 20.8 Å². The van der Waals surface area contributed by atoms with Gasteiger partial charge in [0.1, 0.15) is 11.5 Å². The van der Waals surface area contributed by atoms with Crippen LogP contribution >= 0.6 is 0 Å². The monoisotopic (exact) mass is 557 g/mol. The summed E-state index contributed by atoms with van der Waals surface area (Å²) >= 11 is 0. The van der Waals surface area contributed by atoms with Crippen LogP contribution in [0.3, 0.4) is 0 Å². The largest absolute Gasteiger partial charge is 0.501 e. The molecule has 1 aromatic carbocycles. The molecule has 2 atom stereocenters. The lowest BCUT2D eigenvalue weighted by molar-refractivity contribution is -0.114. The molecule has 40 heavy (non-hydrogen) atoms. The van der Waals surface area contributed by atoms with E-state index in [1.54, 1.807) is 40.4 Å². The van der Waals surface area contributed by atoms with E-state index in [9.17, 15) is 9.90 Å². The molecule has 1 spiro atoms. The van der Waals surface area contributed by atoms with Gasteiger partial charge in [0.2, 0.25) is 0 Å². The van der Waals surface area contributed by atoms with Crippen LogP contribution in [0.5, 0.6) is 11.5 Å². The first-order valence-corrected chi connectivity index (χ1v) is 13.6. The number of likely N-dealkylation sites (tertiary alicyclic amines) is 1. The van der Waals surface area contributed by atoms with Gasteiger partial charge in [0.25, 0.3) is 0 Å². The lowest BCUT2D eigenvalue weighted by Crippen LogP contribution is -2.65. The Morgan fingerprint density at radius 1 is 1.00 bits per heavy atom. The van der Waals surface area contributed by atoms with Crippen molar-refractivity contribution in [2.45, 2.75) is 43.2 Å². The minimum atomic E-state index is -1.58. The van der Waals surface area contributed by atoms with Crippen LogP contribution in [0.4, 0.5) is 4.79 Å². The third-order valence-corrected chi connectivity index (χ3v) is 8.43. The second-order valence-electron chi connectivity index (χ2n) is 10.5. The van der Waals surface area contributed by atoms with Crippen LogP contribution < -0.4 is 9.47 Å². The predicted octanol–water partition coefficient (Wildman–Crippen LogP) is 3.17. The Kier molecular flexibility index (Phi) is 9.45. The number of nitrogens with zero attached hydrogens (tertiary/aromatic N) is 3. The number of rotatable bonds is 12. The van der Waals surface area contributed by atoms with Crippen LogP contribution in [-0.4, -0.2) is 112 Å². The molecule has 2 aliphatic heterocycles. The number of carbonyl (C=O) groups is 1. The highest BCUT2D eigenvalue weighted by molar-refractivity contribution is 5.81. The van der Waals surface area contributed by atoms with Gasteiger partial charge >= 0.3 is 6.03 Å². The van der Waals surface area contributed by atoms with E-state index in [1.807, 2.05) is 30.4 Å². The first kappa shape index (κ1) is 29.9. The van der Waals surface area contributed by atoms with Crippen LogP contribution in [0, 0.1) is 0 Å². The maximum Gasteiger partial charge on any atom is 0.323 e. The fourth-order valence-corrected chi connectivity index (χ4v) is 6.22. The molecule has 2 fully saturated rings. The highest BCUT2D eigenvalue weighted by Gasteiger charge is 2.65. The van der Waals surface area contributed by atoms with Crippen LogP contribution in [0.1, 0.15) is 24.8 Å². The Morgan fingerprint density at radius 2 is 1.68 bits per heavy atom. The van der Waals surface area contributed by atoms with Gasteiger partial charge in [0.15, 0.2) is 5.72 Å². The third-order valence-electron chi connectivity index (χ3n) is 8.43. The fraction of sp³-hybridized carbons (Fsp3) is 0.567. The molecule has 10 heteroatoms. The van der Waals surface area contributed by atoms with E-state index in [-0.39, 0.29) is 18.7 Å². The van der Waals surface area contributed by atoms with Crippen molar-refractivity contribution in [3.8, 4) is 11.5 Å². The summed E-state index contributed by atoms with van der Waals surface area (Å²) in [5.41, 5.74) is -0.511. The quantitative estimate of drug-likeness (QED) is 0.392. The topological polar surface area (TPSA) is 93.2 Å². The van der Waals surface area contributed by atoms with Crippen molar-refractivity contribution in [3.63, 3.8) is 0 Å². The lowest BCUT2D eigenvalue weighted by Gasteiger charge is -2.50. The minimum Gasteiger partial charge on any atom is -0.501 e. The molecule has 0 radical (unpaired) electrons. The van der Waals surface area contributed by atoms with Crippen molar-refractivity contribution in [2.24, 2.45) is 0 Å². The Balaban J connectivity index is 1.59. The van der Waals surface area contributed by atoms with Crippen molar-refractivity contribution >= 4 is 6.03 Å². The number of piperidine rings is 1. The zero-order valence-electron chi connectivity index (χ0n) is 24.4. The summed E-state index contributed by atoms with van der Waals surface area (Å²) in [5.74, 6) is 2.25. The average molecular weight is 558 g/mol. The summed E-state index contributed by atoms with van der Waals surface area (Å²) in [6.07, 6.45) is 7.02. The first-order chi connectivity index (χ1) is 19.3. The van der Waals surface area contributed by atoms with Gasteiger partial charge < -0.3 is 33.7 Å². The zero-order chi connectivity index (χ0) is 28.9. The number of hydrogen-bond acceptors (Lipinski definition) is 8. The molecule has 1 aromatic rings. The Labute approximate surface area is 237 Å². The maximum absolute atomic E-state index is 14.0. The molecule has 0 aromatic heterocycles. The highest BCUT2D eigenvalue weighted by Crippen LogP contribution is 2.48. The van der Waals surface area contributed by atoms with E-state index in [4.69, 9.17) is 23.7 Å². The van der Waals surface area contributed by atoms with Gasteiger partial charge in [-0.25, -0.2) is 4.79 Å². The number of benzene rings is 1. The summed E-state index contributed by atoms with van der Waals surface area (Å²) in [6, 6.07) is 5.63. The van der Waals surface area contributed by atoms with Gasteiger partial charge in [0, 0.05) is 52.9 Å². The van der Waals surface area contributed by atoms with Crippen molar-refractivity contribution in [1.29, 1.82) is 0 Å². The van der Waals surface area contributed by atoms with Crippen LogP contribution in [0.15, 0.2) is 54.3 Å². The molecule has 2 saturated heterocycles. The molecular weight excluding hydrogens is 514 g/mol. The number of urea groups is 1. The molecule has 2 unspecified atom stereocenters. The molecule has 1 aliphatic carbocycles. The molecule has 0 bridgehead atoms. The van der Waals surface area contributed by atoms with E-state index in [0.717, 1.165) is 28.4 Å². The average Bonchev–Trinajstić information content (AvgIpc) is 3.14. The second-order valence-corrected chi connectivity index (χ2v) is 10.5. The molecule has 2 amide bonds. The number of carbonyl (C=O) groups excluding carboxylic acids is 1. The van der Waals surface area contributed by atoms with E-state index >= 15 is 0 Å². The van der Waals surface area contributed by atoms with Crippen LogP contribution in [0.25, 0.3) is 0 Å². The Bertz CT molecular complexity index is 1110. The molecule has 220 valence electrons. The lowest BCUT2D eigenvalue weighted by atomic mass is 9.77. The van der Waals surface area contributed by atoms with Gasteiger partial charge in [-0.2, -0.15) is 0 Å². The normalized spacial score (nSPS) is 24.6. The van der Waals surface area contributed by atoms with Gasteiger partial charge in [-0.05, 0) is 48.3 Å². The first-order valence-electron chi connectivity index (χ1n) is 13.6. The molecule has 10 nitrogen and oxygen atoms in total. The standard InChI is InChI=1S/C30H43N3O7/c1-7-30(35)29(8-10-31(11-9-29)20-22-14-24(37-3)18-25(15-22)38-4)32(12-13-36-2)28(34)33(30)21-23-16-26(39-5)19-27(17-23)40-6/h7,14-18,26,35H,1,8-13,19-21H2,2-6H3. The van der Waals surface area contributed by atoms with Crippen molar-refractivity contribution in [2.75, 3.05) is 68.3 Å². The number of methoxy groups -OCH3 is 5. The summed E-state index contributed by atoms with van der Waals surface area (Å²) in [6.45, 7) is 7.01. The smallest absolute Gasteiger partial charge is 0.323 e. The molecule has 2 heterocycles. The van der Waals surface area contributed by atoms with Gasteiger partial charge in [-0.1, -0.05) is 12.7 Å². The van der Waals surface area contributed by atoms with E-state index < -0.39 is 11.3 Å². The van der Waals surface area contributed by atoms with Crippen molar-refractivity contribution in [3.05, 3.63) is 59.9 Å². The van der Waals surface area contributed by atoms with E-state index in [0.29, 0.717) is 52.0 Å². The minimum absolute atomic E-state index is 0.165. The van der Waals surface area contributed by atoms with Gasteiger partial charge in [-0.3, -0.25) is 9.80 Å². The molecule has 0 saturated carbocycles. The van der Waals surface area contributed by atoms with Gasteiger partial charge in [-0.15, -0.1) is 0 Å². The SMILES string of the molecule is C=CC1(O)N(CC2=CC(OC)CC(OC)=C2)C(=O)N(CCOC)C12CCN(Cc1cc(OC)cc(OC)c1)CC2. The summed E-state index contributed by atoms with van der Waals surface area (Å²) in [5, 5.41) is 12.3.